The Kier molecular flexibility index (Phi) is 4.78. The van der Waals surface area contributed by atoms with Crippen molar-refractivity contribution in [2.75, 3.05) is 6.54 Å². The number of carboxylic acid groups (broad SMARTS) is 1. The number of hydrogen-bond donors (Lipinski definition) is 2. The lowest BCUT2D eigenvalue weighted by atomic mass is 10.00. The quantitative estimate of drug-likeness (QED) is 0.833. The van der Waals surface area contributed by atoms with Gasteiger partial charge in [0, 0.05) is 24.6 Å². The number of aromatic carboxylic acids is 1. The zero-order valence-corrected chi connectivity index (χ0v) is 15.3. The lowest BCUT2D eigenvalue weighted by Gasteiger charge is -2.16. The van der Waals surface area contributed by atoms with Gasteiger partial charge in [0.25, 0.3) is 5.91 Å². The molecule has 1 aliphatic heterocycles. The van der Waals surface area contributed by atoms with E-state index in [0.29, 0.717) is 24.5 Å². The summed E-state index contributed by atoms with van der Waals surface area (Å²) >= 11 is 0. The van der Waals surface area contributed by atoms with Gasteiger partial charge in [0.05, 0.1) is 11.1 Å². The van der Waals surface area contributed by atoms with Crippen LogP contribution >= 0.6 is 0 Å². The fraction of sp³-hybridized carbons (Fsp3) is 0.300. The number of benzene rings is 2. The molecule has 3 rings (SSSR count). The number of hydrogen-bond acceptors (Lipinski definition) is 4. The molecule has 0 radical (unpaired) electrons. The van der Waals surface area contributed by atoms with Gasteiger partial charge in [0.2, 0.25) is 0 Å². The van der Waals surface area contributed by atoms with E-state index in [4.69, 9.17) is 9.47 Å². The molecular formula is C20H20FNO5. The van der Waals surface area contributed by atoms with Crippen LogP contribution in [0.25, 0.3) is 0 Å². The summed E-state index contributed by atoms with van der Waals surface area (Å²) in [5.41, 5.74) is 0.155. The molecule has 2 N–H and O–H groups in total. The van der Waals surface area contributed by atoms with Crippen LogP contribution in [0.3, 0.4) is 0 Å². The molecule has 0 atom stereocenters. The number of carbonyl (C=O) groups excluding carboxylic acids is 1. The van der Waals surface area contributed by atoms with Gasteiger partial charge >= 0.3 is 5.97 Å². The number of ether oxygens (including phenoxy) is 2. The third-order valence-corrected chi connectivity index (χ3v) is 4.15. The van der Waals surface area contributed by atoms with Gasteiger partial charge in [0.1, 0.15) is 28.7 Å². The van der Waals surface area contributed by atoms with Crippen LogP contribution in [0.4, 0.5) is 4.39 Å². The van der Waals surface area contributed by atoms with Gasteiger partial charge in [-0.15, -0.1) is 0 Å². The van der Waals surface area contributed by atoms with E-state index >= 15 is 0 Å². The first kappa shape index (κ1) is 18.7. The lowest BCUT2D eigenvalue weighted by Crippen LogP contribution is -2.24. The summed E-state index contributed by atoms with van der Waals surface area (Å²) in [6, 6.07) is 6.75. The number of rotatable bonds is 5. The van der Waals surface area contributed by atoms with Crippen LogP contribution in [0.15, 0.2) is 30.3 Å². The SMILES string of the molecule is CCNC(=O)c1ccc(Oc2cc(C(=O)O)cc3c2CC(C)(C)O3)cc1F. The molecule has 1 aliphatic rings. The third kappa shape index (κ3) is 3.86. The van der Waals surface area contributed by atoms with E-state index in [0.717, 1.165) is 11.6 Å². The van der Waals surface area contributed by atoms with Gasteiger partial charge < -0.3 is 19.9 Å². The molecule has 2 aromatic carbocycles. The van der Waals surface area contributed by atoms with Gasteiger partial charge in [-0.05, 0) is 45.0 Å². The first-order valence-electron chi connectivity index (χ1n) is 8.55. The Labute approximate surface area is 155 Å². The zero-order valence-electron chi connectivity index (χ0n) is 15.3. The maximum Gasteiger partial charge on any atom is 0.335 e. The molecule has 0 aliphatic carbocycles. The standard InChI is InChI=1S/C20H20FNO5/c1-4-22-18(23)13-6-5-12(9-15(13)21)26-16-7-11(19(24)25)8-17-14(16)10-20(2,3)27-17/h5-9H,4,10H2,1-3H3,(H,22,23)(H,24,25). The molecule has 2 aromatic rings. The largest absolute Gasteiger partial charge is 0.487 e. The number of nitrogens with one attached hydrogen (secondary N) is 1. The number of fused-ring (bicyclic) bond motifs is 1. The molecule has 0 saturated heterocycles. The van der Waals surface area contributed by atoms with Gasteiger partial charge in [-0.2, -0.15) is 0 Å². The summed E-state index contributed by atoms with van der Waals surface area (Å²) in [4.78, 5) is 23.2. The van der Waals surface area contributed by atoms with Crippen molar-refractivity contribution in [2.45, 2.75) is 32.8 Å². The molecule has 142 valence electrons. The van der Waals surface area contributed by atoms with Gasteiger partial charge in [0.15, 0.2) is 0 Å². The van der Waals surface area contributed by atoms with Crippen molar-refractivity contribution in [3.63, 3.8) is 0 Å². The normalized spacial score (nSPS) is 14.2. The van der Waals surface area contributed by atoms with Crippen LogP contribution in [0, 0.1) is 5.82 Å². The molecule has 0 saturated carbocycles. The molecule has 0 fully saturated rings. The smallest absolute Gasteiger partial charge is 0.335 e. The molecule has 6 nitrogen and oxygen atoms in total. The molecule has 0 unspecified atom stereocenters. The second kappa shape index (κ2) is 6.90. The van der Waals surface area contributed by atoms with Gasteiger partial charge in [-0.3, -0.25) is 4.79 Å². The molecule has 1 heterocycles. The summed E-state index contributed by atoms with van der Waals surface area (Å²) in [6.45, 7) is 5.91. The Morgan fingerprint density at radius 1 is 1.30 bits per heavy atom. The van der Waals surface area contributed by atoms with E-state index in [1.54, 1.807) is 6.92 Å². The molecule has 0 aromatic heterocycles. The van der Waals surface area contributed by atoms with E-state index in [1.165, 1.54) is 24.3 Å². The zero-order chi connectivity index (χ0) is 19.8. The monoisotopic (exact) mass is 373 g/mol. The topological polar surface area (TPSA) is 84.9 Å². The minimum atomic E-state index is -1.12. The van der Waals surface area contributed by atoms with Crippen LogP contribution in [0.5, 0.6) is 17.2 Å². The maximum atomic E-state index is 14.3. The van der Waals surface area contributed by atoms with Crippen molar-refractivity contribution >= 4 is 11.9 Å². The summed E-state index contributed by atoms with van der Waals surface area (Å²) in [5, 5.41) is 11.8. The Balaban J connectivity index is 1.95. The molecule has 1 amide bonds. The first-order valence-corrected chi connectivity index (χ1v) is 8.55. The highest BCUT2D eigenvalue weighted by molar-refractivity contribution is 5.94. The number of carboxylic acids is 1. The number of amides is 1. The fourth-order valence-electron chi connectivity index (χ4n) is 2.99. The second-order valence-corrected chi connectivity index (χ2v) is 6.90. The summed E-state index contributed by atoms with van der Waals surface area (Å²) in [6.07, 6.45) is 0.525. The Hall–Kier alpha value is -3.09. The van der Waals surface area contributed by atoms with Gasteiger partial charge in [-0.25, -0.2) is 9.18 Å². The van der Waals surface area contributed by atoms with Crippen molar-refractivity contribution < 1.29 is 28.6 Å². The minimum absolute atomic E-state index is 0.0147. The molecular weight excluding hydrogens is 353 g/mol. The summed E-state index contributed by atoms with van der Waals surface area (Å²) < 4.78 is 25.8. The molecule has 0 spiro atoms. The second-order valence-electron chi connectivity index (χ2n) is 6.90. The first-order chi connectivity index (χ1) is 12.7. The number of halogens is 1. The van der Waals surface area contributed by atoms with Crippen LogP contribution < -0.4 is 14.8 Å². The average Bonchev–Trinajstić information content (AvgIpc) is 2.89. The van der Waals surface area contributed by atoms with E-state index in [2.05, 4.69) is 5.32 Å². The van der Waals surface area contributed by atoms with Crippen LogP contribution in [0.1, 0.15) is 47.1 Å². The highest BCUT2D eigenvalue weighted by Gasteiger charge is 2.34. The van der Waals surface area contributed by atoms with Crippen molar-refractivity contribution in [3.8, 4) is 17.2 Å². The van der Waals surface area contributed by atoms with Crippen LogP contribution in [0.2, 0.25) is 0 Å². The van der Waals surface area contributed by atoms with Crippen molar-refractivity contribution in [3.05, 3.63) is 52.8 Å². The molecule has 7 heteroatoms. The maximum absolute atomic E-state index is 14.3. The Morgan fingerprint density at radius 3 is 2.67 bits per heavy atom. The minimum Gasteiger partial charge on any atom is -0.487 e. The van der Waals surface area contributed by atoms with Crippen molar-refractivity contribution in [1.29, 1.82) is 0 Å². The third-order valence-electron chi connectivity index (χ3n) is 4.15. The van der Waals surface area contributed by atoms with Crippen molar-refractivity contribution in [1.82, 2.24) is 5.32 Å². The molecule has 27 heavy (non-hydrogen) atoms. The van der Waals surface area contributed by atoms with E-state index in [1.807, 2.05) is 13.8 Å². The van der Waals surface area contributed by atoms with Crippen LogP contribution in [-0.4, -0.2) is 29.1 Å². The predicted octanol–water partition coefficient (Wildman–Crippen LogP) is 3.78. The lowest BCUT2D eigenvalue weighted by molar-refractivity contribution is 0.0694. The average molecular weight is 373 g/mol. The summed E-state index contributed by atoms with van der Waals surface area (Å²) in [7, 11) is 0. The Bertz CT molecular complexity index is 923. The number of carbonyl (C=O) groups is 2. The van der Waals surface area contributed by atoms with E-state index in [-0.39, 0.29) is 16.9 Å². The van der Waals surface area contributed by atoms with Crippen LogP contribution in [-0.2, 0) is 6.42 Å². The Morgan fingerprint density at radius 2 is 2.04 bits per heavy atom. The van der Waals surface area contributed by atoms with E-state index < -0.39 is 23.3 Å². The highest BCUT2D eigenvalue weighted by Crippen LogP contribution is 2.43. The highest BCUT2D eigenvalue weighted by atomic mass is 19.1. The fourth-order valence-corrected chi connectivity index (χ4v) is 2.99. The summed E-state index contributed by atoms with van der Waals surface area (Å²) in [5.74, 6) is -1.45. The predicted molar refractivity (Wildman–Crippen MR) is 96.3 cm³/mol. The van der Waals surface area contributed by atoms with Gasteiger partial charge in [-0.1, -0.05) is 0 Å². The van der Waals surface area contributed by atoms with E-state index in [9.17, 15) is 19.1 Å². The molecule has 0 bridgehead atoms. The van der Waals surface area contributed by atoms with Crippen molar-refractivity contribution in [2.24, 2.45) is 0 Å².